The third kappa shape index (κ3) is 1.98. The van der Waals surface area contributed by atoms with Gasteiger partial charge in [0.2, 0.25) is 5.88 Å². The lowest BCUT2D eigenvalue weighted by atomic mass is 9.70. The smallest absolute Gasteiger partial charge is 0.232 e. The molecule has 0 unspecified atom stereocenters. The van der Waals surface area contributed by atoms with E-state index in [0.29, 0.717) is 12.4 Å². The van der Waals surface area contributed by atoms with Crippen LogP contribution in [0.4, 0.5) is 0 Å². The first-order valence-corrected chi connectivity index (χ1v) is 6.88. The largest absolute Gasteiger partial charge is 0.480 e. The lowest BCUT2D eigenvalue weighted by Gasteiger charge is -2.35. The number of methoxy groups -OCH3 is 1. The van der Waals surface area contributed by atoms with Crippen molar-refractivity contribution in [2.24, 2.45) is 5.73 Å². The van der Waals surface area contributed by atoms with Gasteiger partial charge in [-0.05, 0) is 12.8 Å². The van der Waals surface area contributed by atoms with Crippen molar-refractivity contribution in [3.05, 3.63) is 18.0 Å². The zero-order valence-electron chi connectivity index (χ0n) is 11.3. The average Bonchev–Trinajstić information content (AvgIpc) is 2.91. The van der Waals surface area contributed by atoms with Crippen LogP contribution in [-0.2, 0) is 5.41 Å². The Labute approximate surface area is 112 Å². The van der Waals surface area contributed by atoms with E-state index in [1.807, 2.05) is 6.20 Å². The maximum Gasteiger partial charge on any atom is 0.232 e. The summed E-state index contributed by atoms with van der Waals surface area (Å²) < 4.78 is 5.18. The van der Waals surface area contributed by atoms with Crippen molar-refractivity contribution in [1.82, 2.24) is 15.0 Å². The molecule has 3 rings (SSSR count). The fraction of sp³-hybridized carbons (Fsp3) is 0.571. The summed E-state index contributed by atoms with van der Waals surface area (Å²) in [6.45, 7) is 0.666. The number of nitrogens with zero attached hydrogens (tertiary/aromatic N) is 2. The summed E-state index contributed by atoms with van der Waals surface area (Å²) in [5, 5.41) is 0. The molecular formula is C14H20N4O. The molecule has 5 heteroatoms. The molecule has 0 aliphatic heterocycles. The van der Waals surface area contributed by atoms with E-state index in [4.69, 9.17) is 10.5 Å². The van der Waals surface area contributed by atoms with Crippen LogP contribution in [0.25, 0.3) is 11.2 Å². The zero-order chi connectivity index (χ0) is 13.3. The lowest BCUT2D eigenvalue weighted by Crippen LogP contribution is -2.37. The van der Waals surface area contributed by atoms with Crippen LogP contribution in [0.2, 0.25) is 0 Å². The van der Waals surface area contributed by atoms with Gasteiger partial charge in [-0.3, -0.25) is 0 Å². The Bertz CT molecular complexity index is 572. The Morgan fingerprint density at radius 2 is 2.16 bits per heavy atom. The van der Waals surface area contributed by atoms with E-state index in [-0.39, 0.29) is 5.41 Å². The first-order valence-electron chi connectivity index (χ1n) is 6.88. The minimum absolute atomic E-state index is 0.0531. The number of ether oxygens (including phenoxy) is 1. The van der Waals surface area contributed by atoms with Crippen LogP contribution >= 0.6 is 0 Å². The topological polar surface area (TPSA) is 76.8 Å². The van der Waals surface area contributed by atoms with Crippen LogP contribution < -0.4 is 10.5 Å². The van der Waals surface area contributed by atoms with E-state index in [1.54, 1.807) is 13.3 Å². The zero-order valence-corrected chi connectivity index (χ0v) is 11.3. The molecule has 1 fully saturated rings. The molecule has 1 aliphatic carbocycles. The minimum atomic E-state index is 0.0531. The predicted octanol–water partition coefficient (Wildman–Crippen LogP) is 2.13. The van der Waals surface area contributed by atoms with Gasteiger partial charge in [-0.1, -0.05) is 19.3 Å². The number of nitrogens with two attached hydrogens (primary N) is 1. The van der Waals surface area contributed by atoms with Crippen LogP contribution in [-0.4, -0.2) is 28.6 Å². The van der Waals surface area contributed by atoms with E-state index < -0.39 is 0 Å². The number of fused-ring (bicyclic) bond motifs is 1. The summed E-state index contributed by atoms with van der Waals surface area (Å²) in [6, 6.07) is 0. The van der Waals surface area contributed by atoms with Crippen LogP contribution in [0.5, 0.6) is 5.88 Å². The Balaban J connectivity index is 2.12. The second-order valence-corrected chi connectivity index (χ2v) is 5.36. The number of H-pyrrole nitrogens is 1. The molecule has 2 aromatic heterocycles. The predicted molar refractivity (Wildman–Crippen MR) is 74.3 cm³/mol. The van der Waals surface area contributed by atoms with E-state index >= 15 is 0 Å². The molecule has 0 aromatic carbocycles. The monoisotopic (exact) mass is 260 g/mol. The van der Waals surface area contributed by atoms with Gasteiger partial charge in [-0.25, -0.2) is 9.97 Å². The van der Waals surface area contributed by atoms with Crippen molar-refractivity contribution in [2.45, 2.75) is 37.5 Å². The highest BCUT2D eigenvalue weighted by Gasteiger charge is 2.35. The third-order valence-corrected chi connectivity index (χ3v) is 4.34. The highest BCUT2D eigenvalue weighted by Crippen LogP contribution is 2.41. The quantitative estimate of drug-likeness (QED) is 0.886. The van der Waals surface area contributed by atoms with E-state index in [1.165, 1.54) is 24.8 Å². The van der Waals surface area contributed by atoms with Gasteiger partial charge >= 0.3 is 0 Å². The second-order valence-electron chi connectivity index (χ2n) is 5.36. The maximum atomic E-state index is 6.10. The van der Waals surface area contributed by atoms with Crippen molar-refractivity contribution in [3.8, 4) is 5.88 Å². The molecule has 1 saturated carbocycles. The van der Waals surface area contributed by atoms with Crippen molar-refractivity contribution < 1.29 is 4.74 Å². The number of hydrogen-bond donors (Lipinski definition) is 2. The van der Waals surface area contributed by atoms with Crippen LogP contribution in [0.1, 0.15) is 37.7 Å². The van der Waals surface area contributed by atoms with Crippen molar-refractivity contribution in [2.75, 3.05) is 13.7 Å². The molecule has 1 aliphatic rings. The highest BCUT2D eigenvalue weighted by atomic mass is 16.5. The third-order valence-electron chi connectivity index (χ3n) is 4.34. The van der Waals surface area contributed by atoms with Gasteiger partial charge in [0.25, 0.3) is 0 Å². The van der Waals surface area contributed by atoms with Crippen LogP contribution in [0, 0.1) is 0 Å². The molecule has 0 spiro atoms. The molecule has 0 amide bonds. The van der Waals surface area contributed by atoms with Crippen molar-refractivity contribution in [3.63, 3.8) is 0 Å². The minimum Gasteiger partial charge on any atom is -0.480 e. The van der Waals surface area contributed by atoms with E-state index in [9.17, 15) is 0 Å². The average molecular weight is 260 g/mol. The first kappa shape index (κ1) is 12.4. The van der Waals surface area contributed by atoms with Gasteiger partial charge in [0.15, 0.2) is 5.65 Å². The van der Waals surface area contributed by atoms with Crippen molar-refractivity contribution in [1.29, 1.82) is 0 Å². The van der Waals surface area contributed by atoms with Crippen molar-refractivity contribution >= 4 is 11.2 Å². The van der Waals surface area contributed by atoms with E-state index in [0.717, 1.165) is 24.0 Å². The Morgan fingerprint density at radius 3 is 2.84 bits per heavy atom. The summed E-state index contributed by atoms with van der Waals surface area (Å²) in [4.78, 5) is 12.1. The number of nitrogens with one attached hydrogen (secondary N) is 1. The van der Waals surface area contributed by atoms with Gasteiger partial charge in [-0.15, -0.1) is 0 Å². The van der Waals surface area contributed by atoms with Gasteiger partial charge in [0.1, 0.15) is 5.52 Å². The molecule has 0 bridgehead atoms. The van der Waals surface area contributed by atoms with Gasteiger partial charge in [0, 0.05) is 23.7 Å². The lowest BCUT2D eigenvalue weighted by molar-refractivity contribution is 0.302. The standard InChI is InChI=1S/C14H20N4O/c1-19-11-8-17-13-12(18-11)10(7-16-13)14(9-15)5-3-2-4-6-14/h7-8H,2-6,9,15H2,1H3,(H,16,17). The summed E-state index contributed by atoms with van der Waals surface area (Å²) in [6.07, 6.45) is 9.72. The fourth-order valence-electron chi connectivity index (χ4n) is 3.19. The maximum absolute atomic E-state index is 6.10. The number of rotatable bonds is 3. The summed E-state index contributed by atoms with van der Waals surface area (Å²) in [7, 11) is 1.61. The molecule has 3 N–H and O–H groups in total. The van der Waals surface area contributed by atoms with Crippen LogP contribution in [0.3, 0.4) is 0 Å². The molecule has 0 radical (unpaired) electrons. The number of aromatic nitrogens is 3. The number of aromatic amines is 1. The second kappa shape index (κ2) is 4.81. The number of hydrogen-bond acceptors (Lipinski definition) is 4. The summed E-state index contributed by atoms with van der Waals surface area (Å²) in [5.41, 5.74) is 9.08. The summed E-state index contributed by atoms with van der Waals surface area (Å²) in [5.74, 6) is 0.552. The SMILES string of the molecule is COc1cnc2[nH]cc(C3(CN)CCCCC3)c2n1. The normalized spacial score (nSPS) is 18.6. The molecular weight excluding hydrogens is 240 g/mol. The fourth-order valence-corrected chi connectivity index (χ4v) is 3.19. The van der Waals surface area contributed by atoms with Crippen LogP contribution in [0.15, 0.2) is 12.4 Å². The summed E-state index contributed by atoms with van der Waals surface area (Å²) >= 11 is 0. The molecule has 0 saturated heterocycles. The molecule has 19 heavy (non-hydrogen) atoms. The van der Waals surface area contributed by atoms with E-state index in [2.05, 4.69) is 15.0 Å². The molecule has 5 nitrogen and oxygen atoms in total. The van der Waals surface area contributed by atoms with Gasteiger partial charge in [0.05, 0.1) is 13.3 Å². The molecule has 0 atom stereocenters. The van der Waals surface area contributed by atoms with Gasteiger partial charge < -0.3 is 15.5 Å². The Kier molecular flexibility index (Phi) is 3.14. The molecule has 102 valence electrons. The van der Waals surface area contributed by atoms with Gasteiger partial charge in [-0.2, -0.15) is 0 Å². The Morgan fingerprint density at radius 1 is 1.37 bits per heavy atom. The Hall–Kier alpha value is -1.62. The first-order chi connectivity index (χ1) is 9.29. The molecule has 2 aromatic rings. The molecule has 2 heterocycles. The highest BCUT2D eigenvalue weighted by molar-refractivity contribution is 5.77.